The lowest BCUT2D eigenvalue weighted by molar-refractivity contribution is -0.136. The minimum atomic E-state index is -0.241. The van der Waals surface area contributed by atoms with Crippen molar-refractivity contribution < 1.29 is 9.21 Å². The van der Waals surface area contributed by atoms with Gasteiger partial charge in [0.25, 0.3) is 5.22 Å². The summed E-state index contributed by atoms with van der Waals surface area (Å²) in [6.07, 6.45) is 3.34. The second-order valence-corrected chi connectivity index (χ2v) is 8.17. The van der Waals surface area contributed by atoms with Crippen LogP contribution in [0.25, 0.3) is 11.5 Å². The Labute approximate surface area is 153 Å². The Morgan fingerprint density at radius 1 is 1.20 bits per heavy atom. The van der Waals surface area contributed by atoms with Crippen LogP contribution in [0.4, 0.5) is 0 Å². The number of nitrogens with zero attached hydrogens (tertiary/aromatic N) is 3. The monoisotopic (exact) mass is 359 g/mol. The molecule has 2 aromatic rings. The summed E-state index contributed by atoms with van der Waals surface area (Å²) >= 11 is 1.34. The smallest absolute Gasteiger partial charge is 0.277 e. The third-order valence-electron chi connectivity index (χ3n) is 4.78. The molecule has 0 spiro atoms. The molecule has 0 aliphatic carbocycles. The van der Waals surface area contributed by atoms with Crippen LogP contribution < -0.4 is 0 Å². The van der Waals surface area contributed by atoms with Gasteiger partial charge in [-0.3, -0.25) is 4.79 Å². The zero-order chi connectivity index (χ0) is 18.0. The van der Waals surface area contributed by atoms with E-state index in [1.54, 1.807) is 0 Å². The molecule has 2 heterocycles. The number of likely N-dealkylation sites (tertiary alicyclic amines) is 1. The summed E-state index contributed by atoms with van der Waals surface area (Å²) < 4.78 is 5.74. The maximum Gasteiger partial charge on any atom is 0.277 e. The predicted molar refractivity (Wildman–Crippen MR) is 99.4 cm³/mol. The number of aryl methyl sites for hydroxylation is 1. The maximum atomic E-state index is 12.9. The number of aromatic nitrogens is 2. The molecular weight excluding hydrogens is 334 g/mol. The third kappa shape index (κ3) is 4.06. The fourth-order valence-electron chi connectivity index (χ4n) is 3.34. The maximum absolute atomic E-state index is 12.9. The number of carbonyl (C=O) groups is 1. The quantitative estimate of drug-likeness (QED) is 0.761. The highest BCUT2D eigenvalue weighted by molar-refractivity contribution is 8.00. The van der Waals surface area contributed by atoms with E-state index < -0.39 is 0 Å². The van der Waals surface area contributed by atoms with Gasteiger partial charge in [0.2, 0.25) is 11.8 Å². The van der Waals surface area contributed by atoms with E-state index in [0.717, 1.165) is 18.4 Å². The van der Waals surface area contributed by atoms with Crippen LogP contribution in [0.1, 0.15) is 45.6 Å². The van der Waals surface area contributed by atoms with Gasteiger partial charge in [0, 0.05) is 17.6 Å². The summed E-state index contributed by atoms with van der Waals surface area (Å²) in [5.41, 5.74) is 2.07. The average Bonchev–Trinajstić information content (AvgIpc) is 3.03. The Morgan fingerprint density at radius 2 is 1.84 bits per heavy atom. The molecule has 1 saturated heterocycles. The third-order valence-corrected chi connectivity index (χ3v) is 5.70. The Morgan fingerprint density at radius 3 is 2.48 bits per heavy atom. The molecule has 1 aromatic carbocycles. The van der Waals surface area contributed by atoms with Gasteiger partial charge in [-0.1, -0.05) is 29.5 Å². The first-order chi connectivity index (χ1) is 12.0. The second-order valence-electron chi connectivity index (χ2n) is 6.87. The first-order valence-electron chi connectivity index (χ1n) is 8.85. The number of thioether (sulfide) groups is 1. The molecule has 134 valence electrons. The summed E-state index contributed by atoms with van der Waals surface area (Å²) in [6, 6.07) is 8.54. The van der Waals surface area contributed by atoms with Crippen molar-refractivity contribution in [2.24, 2.45) is 0 Å². The van der Waals surface area contributed by atoms with Gasteiger partial charge in [0.15, 0.2) is 0 Å². The van der Waals surface area contributed by atoms with E-state index in [4.69, 9.17) is 4.42 Å². The average molecular weight is 359 g/mol. The minimum absolute atomic E-state index is 0.153. The largest absolute Gasteiger partial charge is 0.411 e. The van der Waals surface area contributed by atoms with Gasteiger partial charge in [0.1, 0.15) is 0 Å². The first-order valence-corrected chi connectivity index (χ1v) is 9.73. The van der Waals surface area contributed by atoms with Crippen molar-refractivity contribution in [1.29, 1.82) is 0 Å². The van der Waals surface area contributed by atoms with Crippen LogP contribution in [0.15, 0.2) is 33.9 Å². The standard InChI is InChI=1S/C19H25N3O2S/c1-12-8-10-16(11-9-12)17-20-21-19(24-17)25-15(4)18(23)22-13(2)6-5-7-14(22)3/h8-11,13-15H,5-7H2,1-4H3/t13-,14-,15+/m0/s1. The van der Waals surface area contributed by atoms with Crippen molar-refractivity contribution in [1.82, 2.24) is 15.1 Å². The van der Waals surface area contributed by atoms with Crippen LogP contribution in [-0.4, -0.2) is 38.3 Å². The highest BCUT2D eigenvalue weighted by Crippen LogP contribution is 2.30. The summed E-state index contributed by atoms with van der Waals surface area (Å²) in [5, 5.41) is 8.40. The summed E-state index contributed by atoms with van der Waals surface area (Å²) in [4.78, 5) is 14.9. The Kier molecular flexibility index (Phi) is 5.47. The molecule has 25 heavy (non-hydrogen) atoms. The summed E-state index contributed by atoms with van der Waals surface area (Å²) in [5.74, 6) is 0.640. The van der Waals surface area contributed by atoms with E-state index in [0.29, 0.717) is 23.2 Å². The van der Waals surface area contributed by atoms with E-state index in [2.05, 4.69) is 24.0 Å². The van der Waals surface area contributed by atoms with E-state index in [-0.39, 0.29) is 11.2 Å². The van der Waals surface area contributed by atoms with Gasteiger partial charge in [0.05, 0.1) is 5.25 Å². The Bertz CT molecular complexity index is 719. The first kappa shape index (κ1) is 18.0. The van der Waals surface area contributed by atoms with Crippen molar-refractivity contribution in [3.8, 4) is 11.5 Å². The molecular formula is C19H25N3O2S. The van der Waals surface area contributed by atoms with E-state index in [9.17, 15) is 4.79 Å². The molecule has 0 unspecified atom stereocenters. The topological polar surface area (TPSA) is 59.2 Å². The van der Waals surface area contributed by atoms with E-state index in [1.807, 2.05) is 43.0 Å². The number of benzene rings is 1. The van der Waals surface area contributed by atoms with Crippen LogP contribution in [0.2, 0.25) is 0 Å². The lowest BCUT2D eigenvalue weighted by Gasteiger charge is -2.40. The van der Waals surface area contributed by atoms with Crippen molar-refractivity contribution in [2.45, 2.75) is 69.5 Å². The number of hydrogen-bond acceptors (Lipinski definition) is 5. The number of piperidine rings is 1. The summed E-state index contributed by atoms with van der Waals surface area (Å²) in [7, 11) is 0. The SMILES string of the molecule is Cc1ccc(-c2nnc(S[C@H](C)C(=O)N3[C@@H](C)CCC[C@@H]3C)o2)cc1. The molecule has 5 nitrogen and oxygen atoms in total. The van der Waals surface area contributed by atoms with E-state index >= 15 is 0 Å². The van der Waals surface area contributed by atoms with Crippen molar-refractivity contribution >= 4 is 17.7 Å². The molecule has 0 bridgehead atoms. The Hall–Kier alpha value is -1.82. The lowest BCUT2D eigenvalue weighted by atomic mass is 9.97. The van der Waals surface area contributed by atoms with Gasteiger partial charge in [-0.15, -0.1) is 10.2 Å². The Balaban J connectivity index is 1.67. The predicted octanol–water partition coefficient (Wildman–Crippen LogP) is 4.32. The minimum Gasteiger partial charge on any atom is -0.411 e. The normalized spacial score (nSPS) is 22.0. The van der Waals surface area contributed by atoms with Crippen LogP contribution in [0.3, 0.4) is 0 Å². The molecule has 0 N–H and O–H groups in total. The van der Waals surface area contributed by atoms with Crippen molar-refractivity contribution in [2.75, 3.05) is 0 Å². The van der Waals surface area contributed by atoms with Crippen LogP contribution >= 0.6 is 11.8 Å². The van der Waals surface area contributed by atoms with Crippen LogP contribution in [0.5, 0.6) is 0 Å². The lowest BCUT2D eigenvalue weighted by Crippen LogP contribution is -2.50. The molecule has 3 rings (SSSR count). The second kappa shape index (κ2) is 7.60. The van der Waals surface area contributed by atoms with Gasteiger partial charge in [-0.25, -0.2) is 0 Å². The van der Waals surface area contributed by atoms with Gasteiger partial charge >= 0.3 is 0 Å². The number of hydrogen-bond donors (Lipinski definition) is 0. The van der Waals surface area contributed by atoms with Crippen LogP contribution in [0, 0.1) is 6.92 Å². The fraction of sp³-hybridized carbons (Fsp3) is 0.526. The fourth-order valence-corrected chi connectivity index (χ4v) is 4.08. The molecule has 6 heteroatoms. The van der Waals surface area contributed by atoms with Crippen LogP contribution in [-0.2, 0) is 4.79 Å². The number of amides is 1. The molecule has 1 amide bonds. The molecule has 3 atom stereocenters. The number of rotatable bonds is 4. The molecule has 0 radical (unpaired) electrons. The molecule has 1 aromatic heterocycles. The highest BCUT2D eigenvalue weighted by atomic mass is 32.2. The molecule has 1 aliphatic rings. The van der Waals surface area contributed by atoms with Gasteiger partial charge in [-0.05, 0) is 59.1 Å². The zero-order valence-corrected chi connectivity index (χ0v) is 16.0. The van der Waals surface area contributed by atoms with E-state index in [1.165, 1.54) is 23.7 Å². The summed E-state index contributed by atoms with van der Waals surface area (Å²) in [6.45, 7) is 8.21. The van der Waals surface area contributed by atoms with Crippen molar-refractivity contribution in [3.63, 3.8) is 0 Å². The van der Waals surface area contributed by atoms with Gasteiger partial charge < -0.3 is 9.32 Å². The molecule has 1 fully saturated rings. The van der Waals surface area contributed by atoms with Gasteiger partial charge in [-0.2, -0.15) is 0 Å². The molecule has 0 saturated carbocycles. The molecule has 1 aliphatic heterocycles. The zero-order valence-electron chi connectivity index (χ0n) is 15.2. The van der Waals surface area contributed by atoms with Crippen molar-refractivity contribution in [3.05, 3.63) is 29.8 Å². The number of carbonyl (C=O) groups excluding carboxylic acids is 1. The highest BCUT2D eigenvalue weighted by Gasteiger charge is 2.32.